The van der Waals surface area contributed by atoms with E-state index in [2.05, 4.69) is 5.32 Å². The fourth-order valence-electron chi connectivity index (χ4n) is 2.64. The molecular formula is C10H19ClN2O. The Morgan fingerprint density at radius 2 is 1.93 bits per heavy atom. The number of piperidine rings is 2. The SMILES string of the molecule is CN1CCCC2(CCNCC2)C1=O.Cl. The number of hydrogen-bond acceptors (Lipinski definition) is 2. The number of nitrogens with zero attached hydrogens (tertiary/aromatic N) is 1. The van der Waals surface area contributed by atoms with E-state index < -0.39 is 0 Å². The van der Waals surface area contributed by atoms with Crippen LogP contribution in [0, 0.1) is 5.41 Å². The maximum atomic E-state index is 12.0. The largest absolute Gasteiger partial charge is 0.345 e. The average molecular weight is 219 g/mol. The number of carbonyl (C=O) groups is 1. The fourth-order valence-corrected chi connectivity index (χ4v) is 2.64. The summed E-state index contributed by atoms with van der Waals surface area (Å²) < 4.78 is 0. The lowest BCUT2D eigenvalue weighted by atomic mass is 9.72. The van der Waals surface area contributed by atoms with Crippen LogP contribution in [-0.2, 0) is 4.79 Å². The first kappa shape index (κ1) is 11.8. The molecule has 0 aliphatic carbocycles. The Morgan fingerprint density at radius 3 is 2.57 bits per heavy atom. The van der Waals surface area contributed by atoms with Gasteiger partial charge >= 0.3 is 0 Å². The number of nitrogens with one attached hydrogen (secondary N) is 1. The van der Waals surface area contributed by atoms with Crippen molar-refractivity contribution < 1.29 is 4.79 Å². The van der Waals surface area contributed by atoms with E-state index in [0.29, 0.717) is 5.91 Å². The van der Waals surface area contributed by atoms with Crippen molar-refractivity contribution in [3.63, 3.8) is 0 Å². The van der Waals surface area contributed by atoms with Crippen LogP contribution in [0.5, 0.6) is 0 Å². The van der Waals surface area contributed by atoms with Crippen molar-refractivity contribution in [1.29, 1.82) is 0 Å². The van der Waals surface area contributed by atoms with Gasteiger partial charge in [-0.25, -0.2) is 0 Å². The summed E-state index contributed by atoms with van der Waals surface area (Å²) in [5.41, 5.74) is 0.0122. The molecule has 2 heterocycles. The van der Waals surface area contributed by atoms with Gasteiger partial charge in [-0.3, -0.25) is 4.79 Å². The monoisotopic (exact) mass is 218 g/mol. The number of likely N-dealkylation sites (tertiary alicyclic amines) is 1. The summed E-state index contributed by atoms with van der Waals surface area (Å²) in [4.78, 5) is 13.9. The Kier molecular flexibility index (Phi) is 3.78. The first-order valence-corrected chi connectivity index (χ1v) is 5.21. The molecule has 82 valence electrons. The van der Waals surface area contributed by atoms with Crippen molar-refractivity contribution in [3.05, 3.63) is 0 Å². The number of carbonyl (C=O) groups excluding carboxylic acids is 1. The third-order valence-electron chi connectivity index (χ3n) is 3.51. The molecule has 3 nitrogen and oxygen atoms in total. The van der Waals surface area contributed by atoms with Crippen molar-refractivity contribution in [2.45, 2.75) is 25.7 Å². The van der Waals surface area contributed by atoms with Gasteiger partial charge in [0.05, 0.1) is 5.41 Å². The summed E-state index contributed by atoms with van der Waals surface area (Å²) in [5, 5.41) is 3.32. The minimum Gasteiger partial charge on any atom is -0.345 e. The predicted molar refractivity (Wildman–Crippen MR) is 58.7 cm³/mol. The second-order valence-electron chi connectivity index (χ2n) is 4.36. The smallest absolute Gasteiger partial charge is 0.228 e. The summed E-state index contributed by atoms with van der Waals surface area (Å²) in [5.74, 6) is 0.389. The summed E-state index contributed by atoms with van der Waals surface area (Å²) in [6.07, 6.45) is 4.37. The van der Waals surface area contributed by atoms with E-state index in [9.17, 15) is 4.79 Å². The molecule has 0 aromatic heterocycles. The highest BCUT2D eigenvalue weighted by atomic mass is 35.5. The third-order valence-corrected chi connectivity index (χ3v) is 3.51. The quantitative estimate of drug-likeness (QED) is 0.659. The normalized spacial score (nSPS) is 26.1. The number of halogens is 1. The maximum Gasteiger partial charge on any atom is 0.228 e. The van der Waals surface area contributed by atoms with Gasteiger partial charge in [0, 0.05) is 13.6 Å². The summed E-state index contributed by atoms with van der Waals surface area (Å²) in [6.45, 7) is 2.98. The molecule has 0 aromatic rings. The number of amides is 1. The lowest BCUT2D eigenvalue weighted by molar-refractivity contribution is -0.146. The van der Waals surface area contributed by atoms with Crippen LogP contribution in [0.2, 0.25) is 0 Å². The lowest BCUT2D eigenvalue weighted by Gasteiger charge is -2.42. The Labute approximate surface area is 91.6 Å². The van der Waals surface area contributed by atoms with Crippen LogP contribution >= 0.6 is 12.4 Å². The molecule has 4 heteroatoms. The predicted octanol–water partition coefficient (Wildman–Crippen LogP) is 1.03. The van der Waals surface area contributed by atoms with Crippen LogP contribution in [0.3, 0.4) is 0 Å². The van der Waals surface area contributed by atoms with E-state index in [-0.39, 0.29) is 17.8 Å². The Balaban J connectivity index is 0.000000980. The molecule has 0 aromatic carbocycles. The van der Waals surface area contributed by atoms with Gasteiger partial charge < -0.3 is 10.2 Å². The topological polar surface area (TPSA) is 32.3 Å². The molecule has 1 spiro atoms. The van der Waals surface area contributed by atoms with Gasteiger partial charge in [-0.15, -0.1) is 12.4 Å². The second-order valence-corrected chi connectivity index (χ2v) is 4.36. The molecule has 14 heavy (non-hydrogen) atoms. The highest BCUT2D eigenvalue weighted by Gasteiger charge is 2.42. The van der Waals surface area contributed by atoms with Crippen LogP contribution in [0.1, 0.15) is 25.7 Å². The molecule has 0 radical (unpaired) electrons. The van der Waals surface area contributed by atoms with Crippen molar-refractivity contribution in [3.8, 4) is 0 Å². The second kappa shape index (κ2) is 4.49. The molecule has 2 fully saturated rings. The molecule has 1 N–H and O–H groups in total. The van der Waals surface area contributed by atoms with Gasteiger partial charge in [0.25, 0.3) is 0 Å². The molecule has 2 saturated heterocycles. The zero-order valence-electron chi connectivity index (χ0n) is 8.71. The molecule has 0 saturated carbocycles. The van der Waals surface area contributed by atoms with Crippen LogP contribution < -0.4 is 5.32 Å². The first-order chi connectivity index (χ1) is 6.25. The van der Waals surface area contributed by atoms with E-state index in [1.807, 2.05) is 11.9 Å². The van der Waals surface area contributed by atoms with Gasteiger partial charge in [-0.05, 0) is 38.8 Å². The molecule has 2 rings (SSSR count). The molecule has 0 unspecified atom stereocenters. The van der Waals surface area contributed by atoms with Crippen LogP contribution in [0.4, 0.5) is 0 Å². The van der Waals surface area contributed by atoms with Crippen molar-refractivity contribution in [2.75, 3.05) is 26.7 Å². The highest BCUT2D eigenvalue weighted by Crippen LogP contribution is 2.38. The Morgan fingerprint density at radius 1 is 1.29 bits per heavy atom. The van der Waals surface area contributed by atoms with E-state index >= 15 is 0 Å². The van der Waals surface area contributed by atoms with Crippen molar-refractivity contribution >= 4 is 18.3 Å². The molecule has 0 bridgehead atoms. The van der Waals surface area contributed by atoms with E-state index in [1.54, 1.807) is 0 Å². The molecule has 0 atom stereocenters. The molecule has 2 aliphatic rings. The number of rotatable bonds is 0. The van der Waals surface area contributed by atoms with Crippen molar-refractivity contribution in [1.82, 2.24) is 10.2 Å². The van der Waals surface area contributed by atoms with E-state index in [4.69, 9.17) is 0 Å². The van der Waals surface area contributed by atoms with E-state index in [0.717, 1.165) is 38.9 Å². The summed E-state index contributed by atoms with van der Waals surface area (Å²) in [7, 11) is 1.94. The Bertz CT molecular complexity index is 209. The van der Waals surface area contributed by atoms with E-state index in [1.165, 1.54) is 6.42 Å². The van der Waals surface area contributed by atoms with Crippen molar-refractivity contribution in [2.24, 2.45) is 5.41 Å². The summed E-state index contributed by atoms with van der Waals surface area (Å²) in [6, 6.07) is 0. The third kappa shape index (κ3) is 1.89. The first-order valence-electron chi connectivity index (χ1n) is 5.21. The van der Waals surface area contributed by atoms with Gasteiger partial charge in [0.2, 0.25) is 5.91 Å². The van der Waals surface area contributed by atoms with Gasteiger partial charge in [0.1, 0.15) is 0 Å². The van der Waals surface area contributed by atoms with Gasteiger partial charge in [-0.1, -0.05) is 0 Å². The van der Waals surface area contributed by atoms with Crippen LogP contribution in [-0.4, -0.2) is 37.5 Å². The standard InChI is InChI=1S/C10H18N2O.ClH/c1-12-8-2-3-10(9(12)13)4-6-11-7-5-10;/h11H,2-8H2,1H3;1H. The fraction of sp³-hybridized carbons (Fsp3) is 0.900. The molecular weight excluding hydrogens is 200 g/mol. The average Bonchev–Trinajstić information content (AvgIpc) is 2.16. The minimum atomic E-state index is 0. The summed E-state index contributed by atoms with van der Waals surface area (Å²) >= 11 is 0. The van der Waals surface area contributed by atoms with Crippen LogP contribution in [0.15, 0.2) is 0 Å². The Hall–Kier alpha value is -0.280. The van der Waals surface area contributed by atoms with Gasteiger partial charge in [-0.2, -0.15) is 0 Å². The molecule has 2 aliphatic heterocycles. The van der Waals surface area contributed by atoms with Crippen LogP contribution in [0.25, 0.3) is 0 Å². The maximum absolute atomic E-state index is 12.0. The van der Waals surface area contributed by atoms with Gasteiger partial charge in [0.15, 0.2) is 0 Å². The minimum absolute atomic E-state index is 0. The zero-order valence-corrected chi connectivity index (χ0v) is 9.53. The lowest BCUT2D eigenvalue weighted by Crippen LogP contribution is -2.51. The molecule has 1 amide bonds. The number of hydrogen-bond donors (Lipinski definition) is 1. The highest BCUT2D eigenvalue weighted by molar-refractivity contribution is 5.85. The zero-order chi connectivity index (χ0) is 9.31.